The van der Waals surface area contributed by atoms with Crippen LogP contribution in [-0.4, -0.2) is 63.7 Å². The molecule has 8 heteroatoms. The minimum absolute atomic E-state index is 0.0268. The molecule has 0 aliphatic carbocycles. The number of hydrogen-bond acceptors (Lipinski definition) is 4. The summed E-state index contributed by atoms with van der Waals surface area (Å²) < 4.78 is 1.86. The molecule has 1 N–H and O–H groups in total. The molecule has 1 atom stereocenters. The number of fused-ring (bicyclic) bond motifs is 1. The van der Waals surface area contributed by atoms with Crippen molar-refractivity contribution in [3.05, 3.63) is 36.2 Å². The van der Waals surface area contributed by atoms with E-state index in [-0.39, 0.29) is 24.5 Å². The summed E-state index contributed by atoms with van der Waals surface area (Å²) in [5.41, 5.74) is 0.952. The van der Waals surface area contributed by atoms with Crippen LogP contribution in [0.15, 0.2) is 30.3 Å². The fraction of sp³-hybridized carbons (Fsp3) is 0.412. The van der Waals surface area contributed by atoms with Crippen LogP contribution in [0, 0.1) is 0 Å². The minimum Gasteiger partial charge on any atom is -0.331 e. The van der Waals surface area contributed by atoms with Gasteiger partial charge in [-0.15, -0.1) is 0 Å². The average molecular weight is 342 g/mol. The van der Waals surface area contributed by atoms with Gasteiger partial charge in [0.05, 0.1) is 19.1 Å². The maximum Gasteiger partial charge on any atom is 0.317 e. The lowest BCUT2D eigenvalue weighted by molar-refractivity contribution is -0.133. The molecule has 25 heavy (non-hydrogen) atoms. The molecule has 0 saturated heterocycles. The van der Waals surface area contributed by atoms with Crippen molar-refractivity contribution in [2.45, 2.75) is 19.5 Å². The Hall–Kier alpha value is -2.90. The van der Waals surface area contributed by atoms with Crippen molar-refractivity contribution < 1.29 is 9.59 Å². The second-order valence-electron chi connectivity index (χ2n) is 6.20. The predicted molar refractivity (Wildman–Crippen MR) is 92.7 cm³/mol. The van der Waals surface area contributed by atoms with Crippen molar-refractivity contribution in [3.63, 3.8) is 0 Å². The molecule has 3 amide bonds. The Morgan fingerprint density at radius 3 is 2.64 bits per heavy atom. The maximum atomic E-state index is 12.5. The van der Waals surface area contributed by atoms with Crippen LogP contribution >= 0.6 is 0 Å². The molecule has 0 fully saturated rings. The van der Waals surface area contributed by atoms with Crippen molar-refractivity contribution in [1.82, 2.24) is 29.9 Å². The van der Waals surface area contributed by atoms with Crippen molar-refractivity contribution in [2.24, 2.45) is 0 Å². The van der Waals surface area contributed by atoms with E-state index >= 15 is 0 Å². The fourth-order valence-corrected chi connectivity index (χ4v) is 2.82. The van der Waals surface area contributed by atoms with E-state index in [0.717, 1.165) is 11.4 Å². The predicted octanol–water partition coefficient (Wildman–Crippen LogP) is 1.12. The third-order valence-corrected chi connectivity index (χ3v) is 4.24. The summed E-state index contributed by atoms with van der Waals surface area (Å²) in [6, 6.07) is 9.29. The van der Waals surface area contributed by atoms with Gasteiger partial charge in [-0.1, -0.05) is 30.3 Å². The first-order valence-electron chi connectivity index (χ1n) is 8.22. The summed E-state index contributed by atoms with van der Waals surface area (Å²) in [4.78, 5) is 31.8. The quantitative estimate of drug-likeness (QED) is 0.906. The maximum absolute atomic E-state index is 12.5. The second-order valence-corrected chi connectivity index (χ2v) is 6.20. The smallest absolute Gasteiger partial charge is 0.317 e. The zero-order chi connectivity index (χ0) is 18.0. The van der Waals surface area contributed by atoms with E-state index < -0.39 is 0 Å². The van der Waals surface area contributed by atoms with Gasteiger partial charge in [0, 0.05) is 26.2 Å². The highest BCUT2D eigenvalue weighted by Crippen LogP contribution is 2.26. The molecule has 8 nitrogen and oxygen atoms in total. The number of carbonyl (C=O) groups is 2. The molecular weight excluding hydrogens is 320 g/mol. The normalized spacial score (nSPS) is 16.3. The van der Waals surface area contributed by atoms with Crippen molar-refractivity contribution in [1.29, 1.82) is 0 Å². The topological polar surface area (TPSA) is 83.4 Å². The van der Waals surface area contributed by atoms with Crippen LogP contribution in [0.4, 0.5) is 4.79 Å². The Morgan fingerprint density at radius 1 is 1.24 bits per heavy atom. The van der Waals surface area contributed by atoms with E-state index in [4.69, 9.17) is 0 Å². The van der Waals surface area contributed by atoms with Gasteiger partial charge >= 0.3 is 6.03 Å². The lowest BCUT2D eigenvalue weighted by Gasteiger charge is -2.33. The Kier molecular flexibility index (Phi) is 4.69. The van der Waals surface area contributed by atoms with E-state index in [1.54, 1.807) is 19.0 Å². The van der Waals surface area contributed by atoms with Gasteiger partial charge in [0.1, 0.15) is 5.82 Å². The summed E-state index contributed by atoms with van der Waals surface area (Å²) in [6.45, 7) is 3.04. The lowest BCUT2D eigenvalue weighted by Crippen LogP contribution is -2.47. The van der Waals surface area contributed by atoms with Gasteiger partial charge in [-0.05, 0) is 6.92 Å². The first-order chi connectivity index (χ1) is 12.0. The number of aromatic nitrogens is 3. The van der Waals surface area contributed by atoms with Gasteiger partial charge in [0.15, 0.2) is 5.82 Å². The molecule has 1 aromatic heterocycles. The zero-order valence-electron chi connectivity index (χ0n) is 14.6. The van der Waals surface area contributed by atoms with Crippen LogP contribution in [0.3, 0.4) is 0 Å². The van der Waals surface area contributed by atoms with Crippen molar-refractivity contribution in [3.8, 4) is 11.4 Å². The first kappa shape index (κ1) is 16.9. The molecular formula is C17H22N6O2. The van der Waals surface area contributed by atoms with E-state index in [2.05, 4.69) is 15.4 Å². The highest BCUT2D eigenvalue weighted by Gasteiger charge is 2.30. The Morgan fingerprint density at radius 2 is 1.96 bits per heavy atom. The van der Waals surface area contributed by atoms with Gasteiger partial charge in [0.2, 0.25) is 5.91 Å². The van der Waals surface area contributed by atoms with Crippen molar-refractivity contribution >= 4 is 11.9 Å². The van der Waals surface area contributed by atoms with E-state index in [1.165, 1.54) is 4.90 Å². The van der Waals surface area contributed by atoms with Gasteiger partial charge in [0.25, 0.3) is 0 Å². The highest BCUT2D eigenvalue weighted by molar-refractivity contribution is 5.84. The van der Waals surface area contributed by atoms with E-state index in [1.807, 2.05) is 41.9 Å². The van der Waals surface area contributed by atoms with Crippen molar-refractivity contribution in [2.75, 3.05) is 27.2 Å². The SMILES string of the molecule is C[C@H]1c2nc(-c3ccccc3)nn2CCN1C(=O)CNC(=O)N(C)C. The van der Waals surface area contributed by atoms with Crippen LogP contribution in [0.1, 0.15) is 18.8 Å². The van der Waals surface area contributed by atoms with Crippen LogP contribution in [-0.2, 0) is 11.3 Å². The number of hydrogen-bond donors (Lipinski definition) is 1. The molecule has 2 aromatic rings. The molecule has 2 heterocycles. The third kappa shape index (κ3) is 3.47. The summed E-state index contributed by atoms with van der Waals surface area (Å²) in [5.74, 6) is 1.30. The molecule has 0 saturated carbocycles. The minimum atomic E-state index is -0.285. The molecule has 1 aliphatic rings. The van der Waals surface area contributed by atoms with Gasteiger partial charge in [-0.25, -0.2) is 14.5 Å². The van der Waals surface area contributed by atoms with E-state index in [0.29, 0.717) is 18.9 Å². The Labute approximate surface area is 146 Å². The fourth-order valence-electron chi connectivity index (χ4n) is 2.82. The molecule has 0 bridgehead atoms. The summed E-state index contributed by atoms with van der Waals surface area (Å²) in [7, 11) is 3.27. The Balaban J connectivity index is 1.73. The molecule has 1 aromatic carbocycles. The number of rotatable bonds is 3. The summed E-state index contributed by atoms with van der Waals surface area (Å²) in [5, 5.41) is 7.16. The molecule has 3 rings (SSSR count). The number of nitrogens with one attached hydrogen (secondary N) is 1. The lowest BCUT2D eigenvalue weighted by atomic mass is 10.2. The van der Waals surface area contributed by atoms with E-state index in [9.17, 15) is 9.59 Å². The number of nitrogens with zero attached hydrogens (tertiary/aromatic N) is 5. The molecule has 1 aliphatic heterocycles. The first-order valence-corrected chi connectivity index (χ1v) is 8.22. The molecule has 0 spiro atoms. The largest absolute Gasteiger partial charge is 0.331 e. The molecule has 0 unspecified atom stereocenters. The van der Waals surface area contributed by atoms with Gasteiger partial charge in [-0.3, -0.25) is 4.79 Å². The van der Waals surface area contributed by atoms with Crippen LogP contribution in [0.5, 0.6) is 0 Å². The monoisotopic (exact) mass is 342 g/mol. The zero-order valence-corrected chi connectivity index (χ0v) is 14.6. The Bertz CT molecular complexity index is 771. The summed E-state index contributed by atoms with van der Waals surface area (Å²) >= 11 is 0. The number of urea groups is 1. The number of carbonyl (C=O) groups excluding carboxylic acids is 2. The van der Waals surface area contributed by atoms with Crippen LogP contribution in [0.2, 0.25) is 0 Å². The number of amides is 3. The van der Waals surface area contributed by atoms with Crippen LogP contribution < -0.4 is 5.32 Å². The van der Waals surface area contributed by atoms with Gasteiger partial charge < -0.3 is 15.1 Å². The third-order valence-electron chi connectivity index (χ3n) is 4.24. The molecule has 132 valence electrons. The second kappa shape index (κ2) is 6.92. The standard InChI is InChI=1S/C17H22N6O2/c1-12-16-19-15(13-7-5-4-6-8-13)20-23(16)10-9-22(12)14(24)11-18-17(25)21(2)3/h4-8,12H,9-11H2,1-3H3,(H,18,25)/t12-/m0/s1. The summed E-state index contributed by atoms with van der Waals surface area (Å²) in [6.07, 6.45) is 0. The highest BCUT2D eigenvalue weighted by atomic mass is 16.2. The molecule has 0 radical (unpaired) electrons. The number of benzene rings is 1. The average Bonchev–Trinajstić information content (AvgIpc) is 3.05. The van der Waals surface area contributed by atoms with Crippen LogP contribution in [0.25, 0.3) is 11.4 Å². The van der Waals surface area contributed by atoms with Gasteiger partial charge in [-0.2, -0.15) is 5.10 Å².